The fraction of sp³-hybridized carbons (Fsp3) is 0.235. The second-order valence-electron chi connectivity index (χ2n) is 5.57. The number of anilines is 1. The minimum atomic E-state index is -4.37. The number of hydrogen-bond acceptors (Lipinski definition) is 3. The van der Waals surface area contributed by atoms with E-state index in [0.29, 0.717) is 11.3 Å². The average molecular weight is 405 g/mol. The SMILES string of the molecule is CC(O)c1cc(NC(=S)NCc2ccc(C(F)(F)F)cc2)cc(Cl)c1O. The van der Waals surface area contributed by atoms with Crippen molar-refractivity contribution < 1.29 is 23.4 Å². The molecule has 2 aromatic carbocycles. The summed E-state index contributed by atoms with van der Waals surface area (Å²) < 4.78 is 37.6. The van der Waals surface area contributed by atoms with Gasteiger partial charge in [0, 0.05) is 17.8 Å². The lowest BCUT2D eigenvalue weighted by atomic mass is 10.1. The molecule has 0 radical (unpaired) electrons. The number of hydrogen-bond donors (Lipinski definition) is 4. The van der Waals surface area contributed by atoms with Gasteiger partial charge < -0.3 is 20.8 Å². The zero-order valence-corrected chi connectivity index (χ0v) is 15.1. The van der Waals surface area contributed by atoms with Crippen LogP contribution in [-0.4, -0.2) is 15.3 Å². The van der Waals surface area contributed by atoms with Crippen molar-refractivity contribution in [2.75, 3.05) is 5.32 Å². The molecule has 4 nitrogen and oxygen atoms in total. The zero-order chi connectivity index (χ0) is 19.5. The monoisotopic (exact) mass is 404 g/mol. The van der Waals surface area contributed by atoms with Crippen LogP contribution in [0.3, 0.4) is 0 Å². The molecular formula is C17H16ClF3N2O2S. The van der Waals surface area contributed by atoms with Gasteiger partial charge in [0.15, 0.2) is 5.11 Å². The van der Waals surface area contributed by atoms with Crippen LogP contribution < -0.4 is 10.6 Å². The molecule has 4 N–H and O–H groups in total. The number of nitrogens with one attached hydrogen (secondary N) is 2. The zero-order valence-electron chi connectivity index (χ0n) is 13.6. The summed E-state index contributed by atoms with van der Waals surface area (Å²) >= 11 is 11.0. The van der Waals surface area contributed by atoms with Gasteiger partial charge in [-0.25, -0.2) is 0 Å². The van der Waals surface area contributed by atoms with Crippen molar-refractivity contribution >= 4 is 34.6 Å². The Labute approximate surface area is 158 Å². The van der Waals surface area contributed by atoms with Gasteiger partial charge in [-0.05, 0) is 49.0 Å². The topological polar surface area (TPSA) is 64.5 Å². The Balaban J connectivity index is 1.99. The lowest BCUT2D eigenvalue weighted by Gasteiger charge is -2.15. The van der Waals surface area contributed by atoms with Crippen LogP contribution in [0.5, 0.6) is 5.75 Å². The average Bonchev–Trinajstić information content (AvgIpc) is 2.55. The number of halogens is 4. The molecule has 0 aliphatic carbocycles. The number of thiocarbonyl (C=S) groups is 1. The lowest BCUT2D eigenvalue weighted by molar-refractivity contribution is -0.137. The minimum absolute atomic E-state index is 0.0523. The van der Waals surface area contributed by atoms with Crippen molar-refractivity contribution in [2.24, 2.45) is 0 Å². The number of aliphatic hydroxyl groups excluding tert-OH is 1. The van der Waals surface area contributed by atoms with Gasteiger partial charge in [0.05, 0.1) is 16.7 Å². The van der Waals surface area contributed by atoms with E-state index in [1.807, 2.05) is 0 Å². The van der Waals surface area contributed by atoms with E-state index in [-0.39, 0.29) is 28.0 Å². The Hall–Kier alpha value is -2.03. The molecule has 0 heterocycles. The summed E-state index contributed by atoms with van der Waals surface area (Å²) in [5, 5.41) is 25.4. The molecule has 1 atom stereocenters. The summed E-state index contributed by atoms with van der Waals surface area (Å²) in [5.74, 6) is -0.212. The molecule has 0 aliphatic rings. The second kappa shape index (κ2) is 8.11. The molecule has 0 fully saturated rings. The van der Waals surface area contributed by atoms with Gasteiger partial charge in [-0.15, -0.1) is 0 Å². The summed E-state index contributed by atoms with van der Waals surface area (Å²) in [4.78, 5) is 0. The first-order valence-corrected chi connectivity index (χ1v) is 8.28. The van der Waals surface area contributed by atoms with Crippen LogP contribution in [0, 0.1) is 0 Å². The summed E-state index contributed by atoms with van der Waals surface area (Å²) in [5.41, 5.74) is 0.598. The molecule has 0 aromatic heterocycles. The van der Waals surface area contributed by atoms with E-state index in [1.54, 1.807) is 0 Å². The lowest BCUT2D eigenvalue weighted by Crippen LogP contribution is -2.28. The fourth-order valence-corrected chi connectivity index (χ4v) is 2.60. The summed E-state index contributed by atoms with van der Waals surface area (Å²) in [6, 6.07) is 7.67. The molecule has 9 heteroatoms. The largest absolute Gasteiger partial charge is 0.506 e. The summed E-state index contributed by atoms with van der Waals surface area (Å²) in [7, 11) is 0. The van der Waals surface area contributed by atoms with Gasteiger partial charge in [0.25, 0.3) is 0 Å². The molecule has 0 bridgehead atoms. The van der Waals surface area contributed by atoms with Crippen LogP contribution in [0.2, 0.25) is 5.02 Å². The number of aliphatic hydroxyl groups is 1. The van der Waals surface area contributed by atoms with E-state index < -0.39 is 17.8 Å². The first kappa shape index (κ1) is 20.3. The van der Waals surface area contributed by atoms with Crippen molar-refractivity contribution in [3.63, 3.8) is 0 Å². The molecule has 0 saturated carbocycles. The summed E-state index contributed by atoms with van der Waals surface area (Å²) in [6.07, 6.45) is -5.30. The number of rotatable bonds is 4. The van der Waals surface area contributed by atoms with Crippen LogP contribution in [0.25, 0.3) is 0 Å². The number of aromatic hydroxyl groups is 1. The van der Waals surface area contributed by atoms with Crippen LogP contribution in [0.4, 0.5) is 18.9 Å². The molecule has 0 aliphatic heterocycles. The predicted molar refractivity (Wildman–Crippen MR) is 98.3 cm³/mol. The van der Waals surface area contributed by atoms with Crippen LogP contribution >= 0.6 is 23.8 Å². The molecule has 26 heavy (non-hydrogen) atoms. The molecular weight excluding hydrogens is 389 g/mol. The van der Waals surface area contributed by atoms with Gasteiger partial charge >= 0.3 is 6.18 Å². The Bertz CT molecular complexity index is 796. The second-order valence-corrected chi connectivity index (χ2v) is 6.39. The highest BCUT2D eigenvalue weighted by atomic mass is 35.5. The molecule has 2 rings (SSSR count). The van der Waals surface area contributed by atoms with Gasteiger partial charge in [-0.3, -0.25) is 0 Å². The van der Waals surface area contributed by atoms with Crippen molar-refractivity contribution in [3.8, 4) is 5.75 Å². The molecule has 140 valence electrons. The molecule has 2 aromatic rings. The predicted octanol–water partition coefficient (Wildman–Crippen LogP) is 4.60. The van der Waals surface area contributed by atoms with Gasteiger partial charge in [-0.2, -0.15) is 13.2 Å². The quantitative estimate of drug-likeness (QED) is 0.443. The molecule has 0 amide bonds. The Morgan fingerprint density at radius 2 is 1.85 bits per heavy atom. The smallest absolute Gasteiger partial charge is 0.416 e. The Kier molecular flexibility index (Phi) is 6.33. The Morgan fingerprint density at radius 3 is 2.38 bits per heavy atom. The van der Waals surface area contributed by atoms with Gasteiger partial charge in [0.2, 0.25) is 0 Å². The van der Waals surface area contributed by atoms with Crippen molar-refractivity contribution in [3.05, 3.63) is 58.1 Å². The number of phenolic OH excluding ortho intramolecular Hbond substituents is 1. The van der Waals surface area contributed by atoms with E-state index >= 15 is 0 Å². The van der Waals surface area contributed by atoms with E-state index in [9.17, 15) is 23.4 Å². The maximum Gasteiger partial charge on any atom is 0.416 e. The maximum atomic E-state index is 12.5. The number of phenols is 1. The third-order valence-electron chi connectivity index (χ3n) is 3.54. The van der Waals surface area contributed by atoms with Crippen molar-refractivity contribution in [1.29, 1.82) is 0 Å². The highest BCUT2D eigenvalue weighted by Crippen LogP contribution is 2.34. The van der Waals surface area contributed by atoms with Crippen molar-refractivity contribution in [2.45, 2.75) is 25.7 Å². The maximum absolute atomic E-state index is 12.5. The van der Waals surface area contributed by atoms with E-state index in [0.717, 1.165) is 12.1 Å². The van der Waals surface area contributed by atoms with Crippen LogP contribution in [0.1, 0.15) is 29.7 Å². The van der Waals surface area contributed by atoms with Gasteiger partial charge in [-0.1, -0.05) is 23.7 Å². The van der Waals surface area contributed by atoms with Crippen LogP contribution in [-0.2, 0) is 12.7 Å². The molecule has 1 unspecified atom stereocenters. The Morgan fingerprint density at radius 1 is 1.23 bits per heavy atom. The van der Waals surface area contributed by atoms with Gasteiger partial charge in [0.1, 0.15) is 5.75 Å². The first-order chi connectivity index (χ1) is 12.1. The standard InChI is InChI=1S/C17H16ClF3N2O2S/c1-9(24)13-6-12(7-14(18)15(13)25)23-16(26)22-8-10-2-4-11(5-3-10)17(19,20)21/h2-7,9,24-25H,8H2,1H3,(H2,22,23,26). The van der Waals surface area contributed by atoms with Crippen LogP contribution in [0.15, 0.2) is 36.4 Å². The van der Waals surface area contributed by atoms with E-state index in [1.165, 1.54) is 31.2 Å². The molecule has 0 saturated heterocycles. The number of benzene rings is 2. The van der Waals surface area contributed by atoms with E-state index in [2.05, 4.69) is 10.6 Å². The highest BCUT2D eigenvalue weighted by molar-refractivity contribution is 7.80. The summed E-state index contributed by atoms with van der Waals surface area (Å²) in [6.45, 7) is 1.70. The normalized spacial score (nSPS) is 12.5. The molecule has 0 spiro atoms. The third kappa shape index (κ3) is 5.23. The number of alkyl halides is 3. The highest BCUT2D eigenvalue weighted by Gasteiger charge is 2.29. The van der Waals surface area contributed by atoms with E-state index in [4.69, 9.17) is 23.8 Å². The fourth-order valence-electron chi connectivity index (χ4n) is 2.18. The third-order valence-corrected chi connectivity index (χ3v) is 4.07. The first-order valence-electron chi connectivity index (χ1n) is 7.49. The minimum Gasteiger partial charge on any atom is -0.506 e. The van der Waals surface area contributed by atoms with Crippen molar-refractivity contribution in [1.82, 2.24) is 5.32 Å².